The molecule has 2 rings (SSSR count). The maximum Gasteiger partial charge on any atom is 0.408 e. The largest absolute Gasteiger partial charge is 0.444 e. The number of hydrogen-bond donors (Lipinski definition) is 1. The van der Waals surface area contributed by atoms with Crippen LogP contribution in [0.3, 0.4) is 0 Å². The lowest BCUT2D eigenvalue weighted by molar-refractivity contribution is -0.126. The third-order valence-corrected chi connectivity index (χ3v) is 4.00. The van der Waals surface area contributed by atoms with Gasteiger partial charge in [0.25, 0.3) is 0 Å². The molecule has 5 nitrogen and oxygen atoms in total. The smallest absolute Gasteiger partial charge is 0.408 e. The molecule has 0 aromatic heterocycles. The minimum Gasteiger partial charge on any atom is -0.444 e. The number of nitrogens with one attached hydrogen (secondary N) is 1. The second kappa shape index (κ2) is 10.6. The van der Waals surface area contributed by atoms with E-state index in [0.717, 1.165) is 11.1 Å². The average molecular weight is 383 g/mol. The number of hydrogen-bond acceptors (Lipinski definition) is 4. The van der Waals surface area contributed by atoms with Gasteiger partial charge in [-0.05, 0) is 44.7 Å². The van der Waals surface area contributed by atoms with Crippen LogP contribution in [-0.2, 0) is 27.3 Å². The third-order valence-electron chi connectivity index (χ3n) is 4.00. The van der Waals surface area contributed by atoms with Crippen molar-refractivity contribution in [1.29, 1.82) is 0 Å². The quantitative estimate of drug-likeness (QED) is 0.701. The Hall–Kier alpha value is -2.66. The lowest BCUT2D eigenvalue weighted by Gasteiger charge is -2.23. The first kappa shape index (κ1) is 21.6. The number of amides is 1. The topological polar surface area (TPSA) is 64.6 Å². The van der Waals surface area contributed by atoms with Gasteiger partial charge in [0.2, 0.25) is 0 Å². The average Bonchev–Trinajstić information content (AvgIpc) is 2.65. The molecule has 0 bridgehead atoms. The number of alkyl carbamates (subject to hydrolysis) is 1. The summed E-state index contributed by atoms with van der Waals surface area (Å²) in [6.45, 7) is 5.65. The van der Waals surface area contributed by atoms with Gasteiger partial charge in [-0.15, -0.1) is 0 Å². The maximum absolute atomic E-state index is 12.7. The SMILES string of the molecule is CC(C)(C)OC(=O)NC(CCc1ccccc1)C(=O)COCc1ccccc1. The number of ketones is 1. The summed E-state index contributed by atoms with van der Waals surface area (Å²) in [5.74, 6) is -0.169. The predicted octanol–water partition coefficient (Wildman–Crippen LogP) is 4.30. The van der Waals surface area contributed by atoms with Gasteiger partial charge in [-0.1, -0.05) is 60.7 Å². The lowest BCUT2D eigenvalue weighted by Crippen LogP contribution is -2.45. The van der Waals surface area contributed by atoms with Crippen molar-refractivity contribution in [3.63, 3.8) is 0 Å². The van der Waals surface area contributed by atoms with E-state index in [1.165, 1.54) is 0 Å². The van der Waals surface area contributed by atoms with Crippen molar-refractivity contribution in [1.82, 2.24) is 5.32 Å². The monoisotopic (exact) mass is 383 g/mol. The molecule has 0 aliphatic heterocycles. The Balaban J connectivity index is 1.92. The van der Waals surface area contributed by atoms with Gasteiger partial charge in [0, 0.05) is 0 Å². The fourth-order valence-electron chi connectivity index (χ4n) is 2.66. The van der Waals surface area contributed by atoms with E-state index in [4.69, 9.17) is 9.47 Å². The fraction of sp³-hybridized carbons (Fsp3) is 0.391. The maximum atomic E-state index is 12.7. The van der Waals surface area contributed by atoms with Crippen molar-refractivity contribution >= 4 is 11.9 Å². The minimum absolute atomic E-state index is 0.0653. The Morgan fingerprint density at radius 2 is 1.50 bits per heavy atom. The molecule has 28 heavy (non-hydrogen) atoms. The molecule has 0 saturated carbocycles. The highest BCUT2D eigenvalue weighted by atomic mass is 16.6. The zero-order chi connectivity index (χ0) is 20.4. The Kier molecular flexibility index (Phi) is 8.20. The summed E-state index contributed by atoms with van der Waals surface area (Å²) in [5.41, 5.74) is 1.48. The summed E-state index contributed by atoms with van der Waals surface area (Å²) in [7, 11) is 0. The van der Waals surface area contributed by atoms with Crippen LogP contribution in [0.1, 0.15) is 38.3 Å². The molecule has 1 unspecified atom stereocenters. The summed E-state index contributed by atoms with van der Waals surface area (Å²) >= 11 is 0. The van der Waals surface area contributed by atoms with Crippen LogP contribution >= 0.6 is 0 Å². The lowest BCUT2D eigenvalue weighted by atomic mass is 10.0. The van der Waals surface area contributed by atoms with Gasteiger partial charge in [0.05, 0.1) is 12.6 Å². The van der Waals surface area contributed by atoms with E-state index in [1.807, 2.05) is 60.7 Å². The predicted molar refractivity (Wildman–Crippen MR) is 109 cm³/mol. The van der Waals surface area contributed by atoms with Crippen LogP contribution in [-0.4, -0.2) is 30.1 Å². The second-order valence-electron chi connectivity index (χ2n) is 7.67. The van der Waals surface area contributed by atoms with Crippen LogP contribution in [0.5, 0.6) is 0 Å². The van der Waals surface area contributed by atoms with Crippen molar-refractivity contribution in [2.75, 3.05) is 6.61 Å². The highest BCUT2D eigenvalue weighted by Gasteiger charge is 2.24. The Bertz CT molecular complexity index is 738. The van der Waals surface area contributed by atoms with E-state index in [9.17, 15) is 9.59 Å². The van der Waals surface area contributed by atoms with E-state index in [1.54, 1.807) is 20.8 Å². The highest BCUT2D eigenvalue weighted by molar-refractivity contribution is 5.88. The molecule has 0 heterocycles. The molecule has 0 aliphatic rings. The zero-order valence-corrected chi connectivity index (χ0v) is 16.8. The van der Waals surface area contributed by atoms with E-state index in [-0.39, 0.29) is 12.4 Å². The van der Waals surface area contributed by atoms with Crippen LogP contribution < -0.4 is 5.32 Å². The minimum atomic E-state index is -0.661. The first-order valence-corrected chi connectivity index (χ1v) is 9.51. The van der Waals surface area contributed by atoms with Crippen molar-refractivity contribution in [2.24, 2.45) is 0 Å². The van der Waals surface area contributed by atoms with Crippen molar-refractivity contribution in [3.05, 3.63) is 71.8 Å². The second-order valence-corrected chi connectivity index (χ2v) is 7.67. The first-order chi connectivity index (χ1) is 13.3. The molecule has 2 aromatic carbocycles. The molecule has 1 N–H and O–H groups in total. The molecule has 2 aromatic rings. The van der Waals surface area contributed by atoms with Crippen LogP contribution in [0.15, 0.2) is 60.7 Å². The Morgan fingerprint density at radius 1 is 0.929 bits per heavy atom. The summed E-state index contributed by atoms with van der Waals surface area (Å²) in [4.78, 5) is 24.8. The molecule has 5 heteroatoms. The molecular weight excluding hydrogens is 354 g/mol. The van der Waals surface area contributed by atoms with Crippen LogP contribution in [0.4, 0.5) is 4.79 Å². The van der Waals surface area contributed by atoms with Gasteiger partial charge in [0.1, 0.15) is 12.2 Å². The van der Waals surface area contributed by atoms with E-state index >= 15 is 0 Å². The van der Waals surface area contributed by atoms with E-state index < -0.39 is 17.7 Å². The molecule has 0 aliphatic carbocycles. The summed E-state index contributed by atoms with van der Waals surface area (Å²) in [6.07, 6.45) is 0.560. The van der Waals surface area contributed by atoms with Crippen LogP contribution in [0.2, 0.25) is 0 Å². The molecule has 0 fully saturated rings. The number of ether oxygens (including phenoxy) is 2. The summed E-state index contributed by atoms with van der Waals surface area (Å²) < 4.78 is 10.9. The number of rotatable bonds is 9. The van der Waals surface area contributed by atoms with Crippen molar-refractivity contribution < 1.29 is 19.1 Å². The number of carbonyl (C=O) groups excluding carboxylic acids is 2. The summed E-state index contributed by atoms with van der Waals surface area (Å²) in [6, 6.07) is 18.9. The Morgan fingerprint density at radius 3 is 2.07 bits per heavy atom. The third kappa shape index (κ3) is 8.35. The standard InChI is InChI=1S/C23H29NO4/c1-23(2,3)28-22(26)24-20(15-14-18-10-6-4-7-11-18)21(25)17-27-16-19-12-8-5-9-13-19/h4-13,20H,14-17H2,1-3H3,(H,24,26). The van der Waals surface area contributed by atoms with Crippen LogP contribution in [0, 0.1) is 0 Å². The number of aryl methyl sites for hydroxylation is 1. The van der Waals surface area contributed by atoms with Gasteiger partial charge in [0.15, 0.2) is 5.78 Å². The van der Waals surface area contributed by atoms with Gasteiger partial charge in [-0.25, -0.2) is 4.79 Å². The number of carbonyl (C=O) groups is 2. The number of Topliss-reactive ketones (excluding diaryl/α,β-unsaturated/α-hetero) is 1. The van der Waals surface area contributed by atoms with E-state index in [2.05, 4.69) is 5.32 Å². The van der Waals surface area contributed by atoms with Crippen molar-refractivity contribution in [2.45, 2.75) is 51.9 Å². The van der Waals surface area contributed by atoms with Crippen molar-refractivity contribution in [3.8, 4) is 0 Å². The molecule has 1 amide bonds. The van der Waals surface area contributed by atoms with Gasteiger partial charge >= 0.3 is 6.09 Å². The van der Waals surface area contributed by atoms with Gasteiger partial charge in [-0.3, -0.25) is 4.79 Å². The summed E-state index contributed by atoms with van der Waals surface area (Å²) in [5, 5.41) is 2.70. The Labute approximate surface area is 167 Å². The molecule has 0 radical (unpaired) electrons. The van der Waals surface area contributed by atoms with Gasteiger partial charge in [-0.2, -0.15) is 0 Å². The van der Waals surface area contributed by atoms with Crippen LogP contribution in [0.25, 0.3) is 0 Å². The fourth-order valence-corrected chi connectivity index (χ4v) is 2.66. The molecule has 0 spiro atoms. The number of benzene rings is 2. The van der Waals surface area contributed by atoms with E-state index in [0.29, 0.717) is 19.4 Å². The highest BCUT2D eigenvalue weighted by Crippen LogP contribution is 2.10. The molecular formula is C23H29NO4. The zero-order valence-electron chi connectivity index (χ0n) is 16.8. The molecule has 0 saturated heterocycles. The first-order valence-electron chi connectivity index (χ1n) is 9.51. The van der Waals surface area contributed by atoms with Gasteiger partial charge < -0.3 is 14.8 Å². The molecule has 1 atom stereocenters. The molecule has 150 valence electrons. The normalized spacial score (nSPS) is 12.2.